The third kappa shape index (κ3) is 4.40. The molecule has 2 amide bonds. The van der Waals surface area contributed by atoms with Crippen LogP contribution in [0.25, 0.3) is 0 Å². The van der Waals surface area contributed by atoms with Crippen molar-refractivity contribution in [3.05, 3.63) is 96.1 Å². The lowest BCUT2D eigenvalue weighted by Crippen LogP contribution is -2.69. The molecular weight excluding hydrogens is 522 g/mol. The van der Waals surface area contributed by atoms with Gasteiger partial charge in [0.05, 0.1) is 36.3 Å². The number of amides is 2. The molecule has 3 aromatic carbocycles. The summed E-state index contributed by atoms with van der Waals surface area (Å²) in [6.45, 7) is 6.47. The first-order valence-corrected chi connectivity index (χ1v) is 15.4. The van der Waals surface area contributed by atoms with Crippen molar-refractivity contribution in [2.24, 2.45) is 5.92 Å². The Morgan fingerprint density at radius 3 is 1.68 bits per heavy atom. The van der Waals surface area contributed by atoms with Crippen LogP contribution in [-0.2, 0) is 18.7 Å². The number of carbonyl (C=O) groups excluding carboxylic acids is 3. The highest BCUT2D eigenvalue weighted by Crippen LogP contribution is 2.44. The minimum atomic E-state index is -3.12. The summed E-state index contributed by atoms with van der Waals surface area (Å²) in [6.07, 6.45) is -1.33. The van der Waals surface area contributed by atoms with Gasteiger partial charge >= 0.3 is 5.97 Å². The van der Waals surface area contributed by atoms with E-state index in [-0.39, 0.29) is 23.3 Å². The molecule has 0 saturated heterocycles. The average molecular weight is 558 g/mol. The summed E-state index contributed by atoms with van der Waals surface area (Å²) in [5, 5.41) is 1.75. The van der Waals surface area contributed by atoms with Gasteiger partial charge in [0.15, 0.2) is 0 Å². The van der Waals surface area contributed by atoms with E-state index in [9.17, 15) is 14.4 Å². The molecule has 4 unspecified atom stereocenters. The zero-order valence-electron chi connectivity index (χ0n) is 23.5. The molecule has 40 heavy (non-hydrogen) atoms. The molecule has 3 aromatic rings. The van der Waals surface area contributed by atoms with Crippen molar-refractivity contribution in [1.82, 2.24) is 4.90 Å². The first-order valence-electron chi connectivity index (χ1n) is 13.5. The van der Waals surface area contributed by atoms with Crippen LogP contribution in [0.15, 0.2) is 84.9 Å². The highest BCUT2D eigenvalue weighted by atomic mass is 28.4. The van der Waals surface area contributed by atoms with Gasteiger partial charge in [0.1, 0.15) is 6.10 Å². The number of ether oxygens (including phenoxy) is 2. The molecule has 1 heterocycles. The molecule has 4 atom stereocenters. The third-order valence-electron chi connectivity index (χ3n) is 8.26. The van der Waals surface area contributed by atoms with Gasteiger partial charge < -0.3 is 13.9 Å². The van der Waals surface area contributed by atoms with E-state index < -0.39 is 38.5 Å². The van der Waals surface area contributed by atoms with E-state index in [1.54, 1.807) is 24.3 Å². The Kier molecular flexibility index (Phi) is 7.52. The van der Waals surface area contributed by atoms with Crippen LogP contribution < -0.4 is 10.4 Å². The molecule has 0 aromatic heterocycles. The van der Waals surface area contributed by atoms with Gasteiger partial charge in [-0.3, -0.25) is 19.3 Å². The fourth-order valence-corrected chi connectivity index (χ4v) is 11.2. The van der Waals surface area contributed by atoms with E-state index in [0.717, 1.165) is 10.4 Å². The van der Waals surface area contributed by atoms with Crippen LogP contribution >= 0.6 is 0 Å². The molecule has 8 heteroatoms. The summed E-state index contributed by atoms with van der Waals surface area (Å²) in [7, 11) is -0.230. The smallest absolute Gasteiger partial charge is 0.311 e. The maximum Gasteiger partial charge on any atom is 0.311 e. The second-order valence-corrected chi connectivity index (χ2v) is 15.7. The van der Waals surface area contributed by atoms with Gasteiger partial charge in [-0.2, -0.15) is 0 Å². The Morgan fingerprint density at radius 2 is 1.25 bits per heavy atom. The largest absolute Gasteiger partial charge is 0.469 e. The van der Waals surface area contributed by atoms with Crippen LogP contribution in [0.5, 0.6) is 0 Å². The Labute approximate surface area is 236 Å². The number of rotatable bonds is 7. The molecule has 0 spiro atoms. The number of carbonyl (C=O) groups is 3. The van der Waals surface area contributed by atoms with Crippen LogP contribution in [0.1, 0.15) is 47.9 Å². The SMILES string of the molecule is COC(=O)C1CC(N2C(=O)c3ccccc3C2=O)C(OC)C1O[Si](c1ccccc1)(c1ccccc1)C(C)(C)C. The predicted octanol–water partition coefficient (Wildman–Crippen LogP) is 3.80. The van der Waals surface area contributed by atoms with Crippen molar-refractivity contribution in [2.75, 3.05) is 14.2 Å². The molecule has 1 saturated carbocycles. The lowest BCUT2D eigenvalue weighted by atomic mass is 10.1. The second-order valence-electron chi connectivity index (χ2n) is 11.4. The topological polar surface area (TPSA) is 82.1 Å². The first kappa shape index (κ1) is 28.0. The van der Waals surface area contributed by atoms with E-state index in [4.69, 9.17) is 13.9 Å². The van der Waals surface area contributed by atoms with Gasteiger partial charge in [0, 0.05) is 7.11 Å². The highest BCUT2D eigenvalue weighted by Gasteiger charge is 2.59. The summed E-state index contributed by atoms with van der Waals surface area (Å²) >= 11 is 0. The van der Waals surface area contributed by atoms with Crippen LogP contribution in [-0.4, -0.2) is 63.5 Å². The monoisotopic (exact) mass is 557 g/mol. The van der Waals surface area contributed by atoms with E-state index in [1.165, 1.54) is 19.1 Å². The molecule has 0 N–H and O–H groups in total. The number of benzene rings is 3. The molecule has 1 aliphatic heterocycles. The van der Waals surface area contributed by atoms with E-state index in [2.05, 4.69) is 45.0 Å². The minimum Gasteiger partial charge on any atom is -0.469 e. The van der Waals surface area contributed by atoms with Crippen LogP contribution in [0.3, 0.4) is 0 Å². The van der Waals surface area contributed by atoms with Crippen LogP contribution in [0.4, 0.5) is 0 Å². The zero-order chi connectivity index (χ0) is 28.7. The predicted molar refractivity (Wildman–Crippen MR) is 154 cm³/mol. The quantitative estimate of drug-likeness (QED) is 0.250. The first-order chi connectivity index (χ1) is 19.2. The lowest BCUT2D eigenvalue weighted by molar-refractivity contribution is -0.149. The number of esters is 1. The summed E-state index contributed by atoms with van der Waals surface area (Å²) in [6, 6.07) is 26.3. The molecule has 208 valence electrons. The lowest BCUT2D eigenvalue weighted by Gasteiger charge is -2.46. The van der Waals surface area contributed by atoms with Gasteiger partial charge in [-0.15, -0.1) is 0 Å². The average Bonchev–Trinajstić information content (AvgIpc) is 3.44. The normalized spacial score (nSPS) is 22.9. The van der Waals surface area contributed by atoms with Gasteiger partial charge in [0.2, 0.25) is 0 Å². The van der Waals surface area contributed by atoms with Crippen LogP contribution in [0, 0.1) is 5.92 Å². The number of methoxy groups -OCH3 is 2. The standard InChI is InChI=1S/C32H35NO6Si/c1-32(2,3)40(21-14-8-6-9-15-21,22-16-10-7-11-17-22)39-27-25(31(36)38-5)20-26(28(27)37-4)33-29(34)23-18-12-13-19-24(23)30(33)35/h6-19,25-28H,20H2,1-5H3. The molecule has 0 bridgehead atoms. The number of hydrogen-bond donors (Lipinski definition) is 0. The molecule has 0 radical (unpaired) electrons. The second kappa shape index (κ2) is 10.8. The summed E-state index contributed by atoms with van der Waals surface area (Å²) < 4.78 is 18.7. The van der Waals surface area contributed by atoms with Gasteiger partial charge in [-0.1, -0.05) is 93.6 Å². The van der Waals surface area contributed by atoms with Crippen molar-refractivity contribution in [1.29, 1.82) is 0 Å². The van der Waals surface area contributed by atoms with Crippen LogP contribution in [0.2, 0.25) is 5.04 Å². The maximum absolute atomic E-state index is 13.5. The van der Waals surface area contributed by atoms with E-state index in [0.29, 0.717) is 11.1 Å². The Hall–Kier alpha value is -3.59. The Morgan fingerprint density at radius 1 is 0.775 bits per heavy atom. The summed E-state index contributed by atoms with van der Waals surface area (Å²) in [5.74, 6) is -1.97. The molecular formula is C32H35NO6Si. The van der Waals surface area contributed by atoms with E-state index >= 15 is 0 Å². The number of fused-ring (bicyclic) bond motifs is 1. The molecule has 1 fully saturated rings. The van der Waals surface area contributed by atoms with E-state index in [1.807, 2.05) is 36.4 Å². The van der Waals surface area contributed by atoms with Crippen molar-refractivity contribution < 1.29 is 28.3 Å². The van der Waals surface area contributed by atoms with Gasteiger partial charge in [-0.25, -0.2) is 0 Å². The summed E-state index contributed by atoms with van der Waals surface area (Å²) in [5.41, 5.74) is 0.710. The maximum atomic E-state index is 13.5. The number of nitrogens with zero attached hydrogens (tertiary/aromatic N) is 1. The number of hydrogen-bond acceptors (Lipinski definition) is 6. The van der Waals surface area contributed by atoms with Crippen molar-refractivity contribution >= 4 is 36.5 Å². The zero-order valence-corrected chi connectivity index (χ0v) is 24.5. The molecule has 2 aliphatic rings. The minimum absolute atomic E-state index is 0.180. The van der Waals surface area contributed by atoms with Gasteiger partial charge in [0.25, 0.3) is 20.1 Å². The van der Waals surface area contributed by atoms with Crippen molar-refractivity contribution in [2.45, 2.75) is 50.5 Å². The number of imide groups is 1. The Bertz CT molecular complexity index is 1330. The molecule has 5 rings (SSSR count). The third-order valence-corrected chi connectivity index (χ3v) is 13.3. The van der Waals surface area contributed by atoms with Crippen molar-refractivity contribution in [3.8, 4) is 0 Å². The fraction of sp³-hybridized carbons (Fsp3) is 0.344. The summed E-state index contributed by atoms with van der Waals surface area (Å²) in [4.78, 5) is 41.6. The molecule has 1 aliphatic carbocycles. The van der Waals surface area contributed by atoms with Gasteiger partial charge in [-0.05, 0) is 34.0 Å². The fourth-order valence-electron chi connectivity index (χ4n) is 6.46. The van der Waals surface area contributed by atoms with Crippen molar-refractivity contribution in [3.63, 3.8) is 0 Å². The molecule has 7 nitrogen and oxygen atoms in total. The Balaban J connectivity index is 1.64. The highest BCUT2D eigenvalue weighted by molar-refractivity contribution is 6.99.